The zero-order valence-corrected chi connectivity index (χ0v) is 18.0. The molecule has 0 unspecified atom stereocenters. The fourth-order valence-corrected chi connectivity index (χ4v) is 4.22. The first-order valence-corrected chi connectivity index (χ1v) is 11.7. The molecule has 2 rings (SSSR count). The van der Waals surface area contributed by atoms with Crippen LogP contribution in [0.5, 0.6) is 0 Å². The zero-order chi connectivity index (χ0) is 19.9. The number of piperidine rings is 1. The van der Waals surface area contributed by atoms with Crippen molar-refractivity contribution in [3.05, 3.63) is 35.9 Å². The molecule has 0 aliphatic carbocycles. The molecule has 3 heteroatoms. The van der Waals surface area contributed by atoms with Crippen LogP contribution in [0.25, 0.3) is 0 Å². The van der Waals surface area contributed by atoms with Gasteiger partial charge in [0.15, 0.2) is 0 Å². The Bertz CT molecular complexity index is 523. The van der Waals surface area contributed by atoms with Crippen LogP contribution < -0.4 is 5.32 Å². The lowest BCUT2D eigenvalue weighted by Gasteiger charge is -2.37. The normalized spacial score (nSPS) is 16.0. The molecule has 0 atom stereocenters. The maximum absolute atomic E-state index is 12.5. The van der Waals surface area contributed by atoms with Gasteiger partial charge in [0, 0.05) is 19.3 Å². The second-order valence-electron chi connectivity index (χ2n) is 8.37. The van der Waals surface area contributed by atoms with Crippen molar-refractivity contribution >= 4 is 5.97 Å². The van der Waals surface area contributed by atoms with Crippen molar-refractivity contribution in [2.45, 2.75) is 102 Å². The van der Waals surface area contributed by atoms with Gasteiger partial charge in [-0.05, 0) is 25.1 Å². The number of hydrogen-bond acceptors (Lipinski definition) is 3. The summed E-state index contributed by atoms with van der Waals surface area (Å²) < 4.78 is 6.08. The molecule has 1 N–H and O–H groups in total. The van der Waals surface area contributed by atoms with Gasteiger partial charge in [0.1, 0.15) is 5.60 Å². The molecule has 1 aliphatic heterocycles. The molecule has 1 saturated heterocycles. The van der Waals surface area contributed by atoms with Crippen LogP contribution in [0.2, 0.25) is 0 Å². The summed E-state index contributed by atoms with van der Waals surface area (Å²) in [5.74, 6) is -0.0262. The first-order chi connectivity index (χ1) is 13.8. The van der Waals surface area contributed by atoms with Crippen LogP contribution >= 0.6 is 0 Å². The van der Waals surface area contributed by atoms with Crippen LogP contribution in [0, 0.1) is 0 Å². The number of carbonyl (C=O) groups excluding carboxylic acids is 1. The Kier molecular flexibility index (Phi) is 11.3. The fourth-order valence-electron chi connectivity index (χ4n) is 4.22. The van der Waals surface area contributed by atoms with Crippen molar-refractivity contribution in [2.24, 2.45) is 0 Å². The van der Waals surface area contributed by atoms with E-state index in [1.165, 1.54) is 57.8 Å². The Morgan fingerprint density at radius 1 is 0.857 bits per heavy atom. The minimum Gasteiger partial charge on any atom is -0.454 e. The van der Waals surface area contributed by atoms with Crippen LogP contribution in [0.15, 0.2) is 30.3 Å². The van der Waals surface area contributed by atoms with Gasteiger partial charge in [-0.15, -0.1) is 0 Å². The Labute approximate surface area is 172 Å². The Hall–Kier alpha value is -1.35. The maximum atomic E-state index is 12.5. The topological polar surface area (TPSA) is 38.3 Å². The van der Waals surface area contributed by atoms with E-state index in [2.05, 4.69) is 24.4 Å². The van der Waals surface area contributed by atoms with Crippen LogP contribution in [0.3, 0.4) is 0 Å². The third kappa shape index (κ3) is 8.34. The predicted octanol–water partition coefficient (Wildman–Crippen LogP) is 6.51. The second kappa shape index (κ2) is 13.8. The number of ether oxygens (including phenoxy) is 1. The molecule has 158 valence electrons. The molecular weight excluding hydrogens is 346 g/mol. The van der Waals surface area contributed by atoms with Crippen LogP contribution in [0.4, 0.5) is 0 Å². The first-order valence-electron chi connectivity index (χ1n) is 11.7. The molecule has 0 bridgehead atoms. The standard InChI is InChI=1S/C25H41NO2/c1-2-3-4-5-6-7-8-9-10-11-15-18-24(27)28-25(19-21-26-22-20-25)23-16-13-12-14-17-23/h12-14,16-17,26H,2-11,15,18-22H2,1H3. The third-order valence-electron chi connectivity index (χ3n) is 6.00. The molecule has 1 heterocycles. The highest BCUT2D eigenvalue weighted by atomic mass is 16.6. The summed E-state index contributed by atoms with van der Waals surface area (Å²) >= 11 is 0. The Morgan fingerprint density at radius 2 is 1.39 bits per heavy atom. The summed E-state index contributed by atoms with van der Waals surface area (Å²) in [6.07, 6.45) is 16.6. The lowest BCUT2D eigenvalue weighted by Crippen LogP contribution is -2.43. The second-order valence-corrected chi connectivity index (χ2v) is 8.37. The first kappa shape index (κ1) is 22.9. The monoisotopic (exact) mass is 387 g/mol. The van der Waals surface area contributed by atoms with Crippen molar-refractivity contribution in [3.8, 4) is 0 Å². The van der Waals surface area contributed by atoms with Gasteiger partial charge in [0.2, 0.25) is 0 Å². The van der Waals surface area contributed by atoms with Crippen molar-refractivity contribution in [1.29, 1.82) is 0 Å². The van der Waals surface area contributed by atoms with Gasteiger partial charge >= 0.3 is 5.97 Å². The number of nitrogens with one attached hydrogen (secondary N) is 1. The summed E-state index contributed by atoms with van der Waals surface area (Å²) in [5.41, 5.74) is 0.713. The molecule has 0 aromatic heterocycles. The largest absolute Gasteiger partial charge is 0.454 e. The SMILES string of the molecule is CCCCCCCCCCCCCC(=O)OC1(c2ccccc2)CCNCC1. The van der Waals surface area contributed by atoms with E-state index in [1.807, 2.05) is 18.2 Å². The van der Waals surface area contributed by atoms with Gasteiger partial charge in [-0.1, -0.05) is 101 Å². The van der Waals surface area contributed by atoms with E-state index >= 15 is 0 Å². The molecular formula is C25H41NO2. The van der Waals surface area contributed by atoms with E-state index in [-0.39, 0.29) is 5.97 Å². The van der Waals surface area contributed by atoms with Crippen LogP contribution in [-0.4, -0.2) is 19.1 Å². The van der Waals surface area contributed by atoms with Gasteiger partial charge < -0.3 is 10.1 Å². The number of esters is 1. The molecule has 0 spiro atoms. The predicted molar refractivity (Wildman–Crippen MR) is 117 cm³/mol. The van der Waals surface area contributed by atoms with Crippen molar-refractivity contribution in [3.63, 3.8) is 0 Å². The van der Waals surface area contributed by atoms with Gasteiger partial charge in [-0.25, -0.2) is 0 Å². The van der Waals surface area contributed by atoms with E-state index in [1.54, 1.807) is 0 Å². The zero-order valence-electron chi connectivity index (χ0n) is 18.0. The smallest absolute Gasteiger partial charge is 0.306 e. The van der Waals surface area contributed by atoms with E-state index in [0.717, 1.165) is 44.3 Å². The number of hydrogen-bond donors (Lipinski definition) is 1. The summed E-state index contributed by atoms with van der Waals surface area (Å²) in [6, 6.07) is 10.3. The summed E-state index contributed by atoms with van der Waals surface area (Å²) in [6.45, 7) is 4.07. The highest BCUT2D eigenvalue weighted by molar-refractivity contribution is 5.70. The van der Waals surface area contributed by atoms with E-state index in [4.69, 9.17) is 4.74 Å². The van der Waals surface area contributed by atoms with Crippen LogP contribution in [0.1, 0.15) is 102 Å². The molecule has 1 aromatic carbocycles. The van der Waals surface area contributed by atoms with Crippen molar-refractivity contribution in [2.75, 3.05) is 13.1 Å². The average molecular weight is 388 g/mol. The number of benzene rings is 1. The molecule has 1 fully saturated rings. The molecule has 3 nitrogen and oxygen atoms in total. The minimum atomic E-state index is -0.429. The Balaban J connectivity index is 1.59. The summed E-state index contributed by atoms with van der Waals surface area (Å²) in [5, 5.41) is 3.38. The van der Waals surface area contributed by atoms with Gasteiger partial charge in [-0.3, -0.25) is 4.79 Å². The van der Waals surface area contributed by atoms with Crippen molar-refractivity contribution < 1.29 is 9.53 Å². The fraction of sp³-hybridized carbons (Fsp3) is 0.720. The molecule has 28 heavy (non-hydrogen) atoms. The molecule has 0 saturated carbocycles. The number of unbranched alkanes of at least 4 members (excludes halogenated alkanes) is 10. The van der Waals surface area contributed by atoms with Gasteiger partial charge in [-0.2, -0.15) is 0 Å². The Morgan fingerprint density at radius 3 is 1.96 bits per heavy atom. The minimum absolute atomic E-state index is 0.0262. The van der Waals surface area contributed by atoms with E-state index in [9.17, 15) is 4.79 Å². The lowest BCUT2D eigenvalue weighted by molar-refractivity contribution is -0.164. The van der Waals surface area contributed by atoms with Gasteiger partial charge in [0.05, 0.1) is 0 Å². The van der Waals surface area contributed by atoms with Crippen LogP contribution in [-0.2, 0) is 15.1 Å². The molecule has 0 amide bonds. The highest BCUT2D eigenvalue weighted by Crippen LogP contribution is 2.35. The average Bonchev–Trinajstić information content (AvgIpc) is 2.73. The van der Waals surface area contributed by atoms with E-state index in [0.29, 0.717) is 6.42 Å². The lowest BCUT2D eigenvalue weighted by atomic mass is 9.84. The van der Waals surface area contributed by atoms with Gasteiger partial charge in [0.25, 0.3) is 0 Å². The molecule has 1 aliphatic rings. The third-order valence-corrected chi connectivity index (χ3v) is 6.00. The number of carbonyl (C=O) groups is 1. The summed E-state index contributed by atoms with van der Waals surface area (Å²) in [7, 11) is 0. The highest BCUT2D eigenvalue weighted by Gasteiger charge is 2.37. The quantitative estimate of drug-likeness (QED) is 0.292. The maximum Gasteiger partial charge on any atom is 0.306 e. The number of rotatable bonds is 14. The summed E-state index contributed by atoms with van der Waals surface area (Å²) in [4.78, 5) is 12.5. The van der Waals surface area contributed by atoms with E-state index < -0.39 is 5.60 Å². The molecule has 0 radical (unpaired) electrons. The molecule has 1 aromatic rings. The van der Waals surface area contributed by atoms with Crippen molar-refractivity contribution in [1.82, 2.24) is 5.32 Å².